The van der Waals surface area contributed by atoms with Crippen LogP contribution in [0.3, 0.4) is 0 Å². The summed E-state index contributed by atoms with van der Waals surface area (Å²) in [7, 11) is 0. The minimum absolute atomic E-state index is 0.0167. The van der Waals surface area contributed by atoms with E-state index in [0.29, 0.717) is 11.4 Å². The second kappa shape index (κ2) is 6.14. The molecule has 0 aliphatic rings. The highest BCUT2D eigenvalue weighted by molar-refractivity contribution is 9.10. The van der Waals surface area contributed by atoms with Crippen LogP contribution in [0.1, 0.15) is 24.9 Å². The molecule has 0 heterocycles. The van der Waals surface area contributed by atoms with Crippen LogP contribution in [-0.4, -0.2) is 0 Å². The normalized spacial score (nSPS) is 11.7. The molecule has 4 heteroatoms. The summed E-state index contributed by atoms with van der Waals surface area (Å²) in [4.78, 5) is 0. The number of halogens is 2. The molecule has 15 heavy (non-hydrogen) atoms. The maximum absolute atomic E-state index is 6.00. The molecule has 1 unspecified atom stereocenters. The van der Waals surface area contributed by atoms with Crippen LogP contribution in [0.15, 0.2) is 22.7 Å². The van der Waals surface area contributed by atoms with E-state index in [0.717, 1.165) is 10.0 Å². The number of nitrogens with one attached hydrogen (secondary N) is 1. The van der Waals surface area contributed by atoms with Gasteiger partial charge >= 0.3 is 0 Å². The molecule has 0 amide bonds. The highest BCUT2D eigenvalue weighted by Gasteiger charge is 2.09. The summed E-state index contributed by atoms with van der Waals surface area (Å²) >= 11 is 9.34. The third-order valence-electron chi connectivity index (χ3n) is 2.03. The van der Waals surface area contributed by atoms with Crippen LogP contribution in [0, 0.1) is 11.8 Å². The molecule has 0 aromatic heterocycles. The van der Waals surface area contributed by atoms with Crippen LogP contribution in [0.4, 0.5) is 0 Å². The Morgan fingerprint density at radius 1 is 1.60 bits per heavy atom. The van der Waals surface area contributed by atoms with E-state index in [4.69, 9.17) is 17.4 Å². The average molecular weight is 288 g/mol. The second-order valence-corrected chi connectivity index (χ2v) is 4.29. The molecule has 0 saturated heterocycles. The third kappa shape index (κ3) is 3.51. The van der Waals surface area contributed by atoms with Crippen LogP contribution < -0.4 is 11.3 Å². The maximum Gasteiger partial charge on any atom is 0.0569 e. The van der Waals surface area contributed by atoms with Crippen molar-refractivity contribution in [3.63, 3.8) is 0 Å². The van der Waals surface area contributed by atoms with Gasteiger partial charge in [-0.05, 0) is 40.5 Å². The summed E-state index contributed by atoms with van der Waals surface area (Å²) in [5, 5.41) is 0.678. The molecule has 2 nitrogen and oxygen atoms in total. The van der Waals surface area contributed by atoms with E-state index in [2.05, 4.69) is 33.2 Å². The highest BCUT2D eigenvalue weighted by Crippen LogP contribution is 2.26. The smallest absolute Gasteiger partial charge is 0.0569 e. The Bertz CT molecular complexity index is 395. The van der Waals surface area contributed by atoms with E-state index in [1.54, 1.807) is 0 Å². The van der Waals surface area contributed by atoms with Gasteiger partial charge in [-0.25, -0.2) is 0 Å². The van der Waals surface area contributed by atoms with Crippen molar-refractivity contribution in [1.82, 2.24) is 5.43 Å². The molecule has 0 fully saturated rings. The first kappa shape index (κ1) is 12.5. The van der Waals surface area contributed by atoms with Crippen molar-refractivity contribution in [2.24, 2.45) is 5.84 Å². The Labute approximate surface area is 103 Å². The lowest BCUT2D eigenvalue weighted by Gasteiger charge is -2.13. The lowest BCUT2D eigenvalue weighted by molar-refractivity contribution is 0.568. The minimum Gasteiger partial charge on any atom is -0.271 e. The molecule has 0 aliphatic heterocycles. The fourth-order valence-electron chi connectivity index (χ4n) is 1.21. The number of benzene rings is 1. The fourth-order valence-corrected chi connectivity index (χ4v) is 1.64. The largest absolute Gasteiger partial charge is 0.271 e. The zero-order valence-electron chi connectivity index (χ0n) is 8.35. The van der Waals surface area contributed by atoms with Gasteiger partial charge in [-0.15, -0.1) is 11.8 Å². The zero-order chi connectivity index (χ0) is 11.3. The van der Waals surface area contributed by atoms with Crippen LogP contribution in [0.2, 0.25) is 5.02 Å². The second-order valence-electron chi connectivity index (χ2n) is 3.02. The quantitative estimate of drug-likeness (QED) is 0.509. The SMILES string of the molecule is CC#CCC(NN)c1ccc(Br)c(Cl)c1. The molecule has 3 N–H and O–H groups in total. The molecule has 0 bridgehead atoms. The average Bonchev–Trinajstić information content (AvgIpc) is 2.24. The lowest BCUT2D eigenvalue weighted by atomic mass is 10.1. The van der Waals surface area contributed by atoms with Crippen molar-refractivity contribution in [1.29, 1.82) is 0 Å². The van der Waals surface area contributed by atoms with Gasteiger partial charge in [0, 0.05) is 10.9 Å². The van der Waals surface area contributed by atoms with Crippen LogP contribution in [-0.2, 0) is 0 Å². The van der Waals surface area contributed by atoms with Crippen LogP contribution >= 0.6 is 27.5 Å². The molecule has 0 radical (unpaired) electrons. The molecule has 1 aromatic rings. The monoisotopic (exact) mass is 286 g/mol. The Kier molecular flexibility index (Phi) is 5.13. The summed E-state index contributed by atoms with van der Waals surface area (Å²) in [6.07, 6.45) is 0.672. The Balaban J connectivity index is 2.90. The number of hydrogen-bond donors (Lipinski definition) is 2. The van der Waals surface area contributed by atoms with E-state index in [9.17, 15) is 0 Å². The van der Waals surface area contributed by atoms with Gasteiger partial charge in [0.2, 0.25) is 0 Å². The van der Waals surface area contributed by atoms with Crippen molar-refractivity contribution < 1.29 is 0 Å². The molecular formula is C11H12BrClN2. The van der Waals surface area contributed by atoms with Crippen molar-refractivity contribution in [3.05, 3.63) is 33.3 Å². The summed E-state index contributed by atoms with van der Waals surface area (Å²) in [6, 6.07) is 5.77. The van der Waals surface area contributed by atoms with E-state index < -0.39 is 0 Å². The molecule has 1 aromatic carbocycles. The number of nitrogens with two attached hydrogens (primary N) is 1. The first-order valence-electron chi connectivity index (χ1n) is 4.49. The van der Waals surface area contributed by atoms with E-state index >= 15 is 0 Å². The highest BCUT2D eigenvalue weighted by atomic mass is 79.9. The number of hydrazine groups is 1. The molecule has 0 spiro atoms. The zero-order valence-corrected chi connectivity index (χ0v) is 10.7. The van der Waals surface area contributed by atoms with Gasteiger partial charge in [0.15, 0.2) is 0 Å². The molecule has 80 valence electrons. The Morgan fingerprint density at radius 3 is 2.87 bits per heavy atom. The molecule has 0 aliphatic carbocycles. The first-order chi connectivity index (χ1) is 7.19. The summed E-state index contributed by atoms with van der Waals surface area (Å²) in [6.45, 7) is 1.81. The van der Waals surface area contributed by atoms with Crippen molar-refractivity contribution >= 4 is 27.5 Å². The maximum atomic E-state index is 6.00. The summed E-state index contributed by atoms with van der Waals surface area (Å²) in [5.74, 6) is 11.3. The van der Waals surface area contributed by atoms with Gasteiger partial charge in [0.1, 0.15) is 0 Å². The fraction of sp³-hybridized carbons (Fsp3) is 0.273. The standard InChI is InChI=1S/C11H12BrClN2/c1-2-3-4-11(15-14)8-5-6-9(12)10(13)7-8/h5-7,11,15H,4,14H2,1H3. The minimum atomic E-state index is 0.0167. The van der Waals surface area contributed by atoms with E-state index in [1.807, 2.05) is 25.1 Å². The molecule has 1 rings (SSSR count). The van der Waals surface area contributed by atoms with Gasteiger partial charge in [-0.2, -0.15) is 0 Å². The number of hydrogen-bond acceptors (Lipinski definition) is 2. The van der Waals surface area contributed by atoms with Gasteiger partial charge in [-0.3, -0.25) is 11.3 Å². The number of rotatable bonds is 3. The van der Waals surface area contributed by atoms with Gasteiger partial charge < -0.3 is 0 Å². The summed E-state index contributed by atoms with van der Waals surface area (Å²) in [5.41, 5.74) is 3.76. The molecule has 0 saturated carbocycles. The van der Waals surface area contributed by atoms with Gasteiger partial charge in [0.05, 0.1) is 11.1 Å². The summed E-state index contributed by atoms with van der Waals surface area (Å²) < 4.78 is 0.880. The molecular weight excluding hydrogens is 275 g/mol. The Hall–Kier alpha value is -0.530. The van der Waals surface area contributed by atoms with E-state index in [1.165, 1.54) is 0 Å². The van der Waals surface area contributed by atoms with Crippen LogP contribution in [0.25, 0.3) is 0 Å². The van der Waals surface area contributed by atoms with Crippen molar-refractivity contribution in [2.45, 2.75) is 19.4 Å². The Morgan fingerprint density at radius 2 is 2.33 bits per heavy atom. The van der Waals surface area contributed by atoms with Gasteiger partial charge in [0.25, 0.3) is 0 Å². The predicted molar refractivity (Wildman–Crippen MR) is 67.3 cm³/mol. The van der Waals surface area contributed by atoms with Crippen LogP contribution in [0.5, 0.6) is 0 Å². The third-order valence-corrected chi connectivity index (χ3v) is 3.26. The predicted octanol–water partition coefficient (Wildman–Crippen LogP) is 3.02. The molecule has 1 atom stereocenters. The van der Waals surface area contributed by atoms with Crippen molar-refractivity contribution in [2.75, 3.05) is 0 Å². The lowest BCUT2D eigenvalue weighted by Crippen LogP contribution is -2.27. The first-order valence-corrected chi connectivity index (χ1v) is 5.66. The topological polar surface area (TPSA) is 38.0 Å². The van der Waals surface area contributed by atoms with Gasteiger partial charge in [-0.1, -0.05) is 17.7 Å². The van der Waals surface area contributed by atoms with Crippen molar-refractivity contribution in [3.8, 4) is 11.8 Å². The van der Waals surface area contributed by atoms with E-state index in [-0.39, 0.29) is 6.04 Å².